The van der Waals surface area contributed by atoms with Crippen LogP contribution in [0.1, 0.15) is 5.56 Å². The van der Waals surface area contributed by atoms with E-state index < -0.39 is 5.79 Å². The molecule has 0 aliphatic rings. The van der Waals surface area contributed by atoms with Crippen molar-refractivity contribution in [2.45, 2.75) is 5.79 Å². The predicted molar refractivity (Wildman–Crippen MR) is 53.6 cm³/mol. The highest BCUT2D eigenvalue weighted by Crippen LogP contribution is 2.33. The fourth-order valence-electron chi connectivity index (χ4n) is 0.973. The first-order chi connectivity index (χ1) is 7.09. The number of hydrogen-bond acceptors (Lipinski definition) is 6. The summed E-state index contributed by atoms with van der Waals surface area (Å²) in [6.45, 7) is 0. The Morgan fingerprint density at radius 1 is 0.933 bits per heavy atom. The fraction of sp³-hybridized carbons (Fsp3) is 0.143. The number of nitrogens with zero attached hydrogens (tertiary/aromatic N) is 3. The van der Waals surface area contributed by atoms with Gasteiger partial charge >= 0.3 is 5.79 Å². The van der Waals surface area contributed by atoms with E-state index >= 15 is 0 Å². The maximum atomic E-state index is 6.89. The Morgan fingerprint density at radius 3 is 1.87 bits per heavy atom. The Balaban J connectivity index is 3.35. The summed E-state index contributed by atoms with van der Waals surface area (Å²) in [5, 5.41) is 9.67. The van der Waals surface area contributed by atoms with Gasteiger partial charge in [0, 0.05) is 5.56 Å². The summed E-state index contributed by atoms with van der Waals surface area (Å²) in [6.07, 6.45) is 0. The average Bonchev–Trinajstić information content (AvgIpc) is 2.26. The van der Waals surface area contributed by atoms with E-state index in [1.807, 2.05) is 0 Å². The molecule has 0 fully saturated rings. The molecular formula is C7H6Cl2N6. The molecule has 6 nitrogen and oxygen atoms in total. The monoisotopic (exact) mass is 244 g/mol. The summed E-state index contributed by atoms with van der Waals surface area (Å²) >= 11 is 11.4. The van der Waals surface area contributed by atoms with Crippen molar-refractivity contribution < 1.29 is 0 Å². The highest BCUT2D eigenvalue weighted by atomic mass is 35.5. The first-order valence-electron chi connectivity index (χ1n) is 3.71. The van der Waals surface area contributed by atoms with Gasteiger partial charge in [-0.2, -0.15) is 0 Å². The molecule has 0 unspecified atom stereocenters. The molecule has 0 aliphatic heterocycles. The molecule has 1 aromatic rings. The van der Waals surface area contributed by atoms with E-state index in [0.29, 0.717) is 5.02 Å². The van der Waals surface area contributed by atoms with Crippen LogP contribution in [-0.4, -0.2) is 0 Å². The van der Waals surface area contributed by atoms with Gasteiger partial charge in [0.25, 0.3) is 0 Å². The molecule has 0 aliphatic carbocycles. The van der Waals surface area contributed by atoms with E-state index in [4.69, 9.17) is 39.8 Å². The van der Waals surface area contributed by atoms with Crippen LogP contribution in [0.5, 0.6) is 0 Å². The first-order valence-corrected chi connectivity index (χ1v) is 4.46. The maximum Gasteiger partial charge on any atom is 0.323 e. The summed E-state index contributed by atoms with van der Waals surface area (Å²) in [7, 11) is 0. The molecule has 3 N–H and O–H groups in total. The van der Waals surface area contributed by atoms with Crippen molar-refractivity contribution in [3.8, 4) is 0 Å². The zero-order valence-electron chi connectivity index (χ0n) is 7.33. The van der Waals surface area contributed by atoms with E-state index in [1.54, 1.807) is 0 Å². The number of hydrogen-bond donors (Lipinski definition) is 3. The first kappa shape index (κ1) is 11.7. The Labute approximate surface area is 95.1 Å². The molecule has 0 saturated heterocycles. The third kappa shape index (κ3) is 2.00. The van der Waals surface area contributed by atoms with Gasteiger partial charge < -0.3 is 0 Å². The van der Waals surface area contributed by atoms with Crippen LogP contribution in [-0.2, 0) is 5.79 Å². The molecule has 8 heteroatoms. The van der Waals surface area contributed by atoms with Crippen LogP contribution in [0.15, 0.2) is 33.5 Å². The summed E-state index contributed by atoms with van der Waals surface area (Å²) in [6, 6.07) is 4.30. The average molecular weight is 245 g/mol. The topological polar surface area (TPSA) is 109 Å². The van der Waals surface area contributed by atoms with E-state index in [0.717, 1.165) is 0 Å². The van der Waals surface area contributed by atoms with Crippen LogP contribution >= 0.6 is 23.2 Å². The minimum atomic E-state index is -1.87. The van der Waals surface area contributed by atoms with Crippen LogP contribution in [0.4, 0.5) is 0 Å². The van der Waals surface area contributed by atoms with Crippen molar-refractivity contribution in [2.24, 2.45) is 15.3 Å². The summed E-state index contributed by atoms with van der Waals surface area (Å²) < 4.78 is 0. The number of benzene rings is 1. The molecule has 0 radical (unpaired) electrons. The van der Waals surface area contributed by atoms with Gasteiger partial charge in [0.05, 0.1) is 10.0 Å². The van der Waals surface area contributed by atoms with Crippen molar-refractivity contribution >= 4 is 23.2 Å². The van der Waals surface area contributed by atoms with E-state index in [2.05, 4.69) is 15.3 Å². The van der Waals surface area contributed by atoms with Crippen molar-refractivity contribution in [3.05, 3.63) is 33.8 Å². The number of halogens is 2. The van der Waals surface area contributed by atoms with Gasteiger partial charge in [-0.3, -0.25) is 0 Å². The van der Waals surface area contributed by atoms with Gasteiger partial charge in [-0.1, -0.05) is 29.3 Å². The summed E-state index contributed by atoms with van der Waals surface area (Å²) in [4.78, 5) is 0. The molecule has 1 aromatic carbocycles. The fourth-order valence-corrected chi connectivity index (χ4v) is 1.27. The van der Waals surface area contributed by atoms with Crippen LogP contribution in [0, 0.1) is 16.6 Å². The quantitative estimate of drug-likeness (QED) is 0.661. The standard InChI is InChI=1S/C7H6Cl2N6/c8-5-2-1-4(3-6(5)9)7(13-10,14-11)15-12/h1-3,10-12H. The lowest BCUT2D eigenvalue weighted by molar-refractivity contribution is 0.396. The van der Waals surface area contributed by atoms with Crippen molar-refractivity contribution in [3.63, 3.8) is 0 Å². The van der Waals surface area contributed by atoms with Gasteiger partial charge in [-0.15, -0.1) is 15.3 Å². The van der Waals surface area contributed by atoms with Crippen LogP contribution in [0.3, 0.4) is 0 Å². The van der Waals surface area contributed by atoms with Crippen LogP contribution in [0.2, 0.25) is 10.0 Å². The number of nitrogens with one attached hydrogen (secondary N) is 3. The lowest BCUT2D eigenvalue weighted by Crippen LogP contribution is -2.15. The van der Waals surface area contributed by atoms with Crippen molar-refractivity contribution in [1.29, 1.82) is 16.6 Å². The molecule has 15 heavy (non-hydrogen) atoms. The maximum absolute atomic E-state index is 6.89. The van der Waals surface area contributed by atoms with Gasteiger partial charge in [-0.25, -0.2) is 16.6 Å². The minimum absolute atomic E-state index is 0.231. The second-order valence-electron chi connectivity index (χ2n) is 2.60. The molecule has 1 rings (SSSR count). The highest BCUT2D eigenvalue weighted by molar-refractivity contribution is 6.42. The molecule has 0 spiro atoms. The van der Waals surface area contributed by atoms with Gasteiger partial charge in [0.2, 0.25) is 0 Å². The lowest BCUT2D eigenvalue weighted by atomic mass is 10.1. The second kappa shape index (κ2) is 4.41. The molecule has 0 amide bonds. The summed E-state index contributed by atoms with van der Waals surface area (Å²) in [5.41, 5.74) is 20.9. The molecule has 0 heterocycles. The minimum Gasteiger partial charge on any atom is -0.205 e. The normalized spacial score (nSPS) is 14.0. The second-order valence-corrected chi connectivity index (χ2v) is 3.41. The Hall–Kier alpha value is -1.40. The molecule has 0 bridgehead atoms. The van der Waals surface area contributed by atoms with Crippen molar-refractivity contribution in [1.82, 2.24) is 0 Å². The van der Waals surface area contributed by atoms with E-state index in [1.165, 1.54) is 18.2 Å². The highest BCUT2D eigenvalue weighted by Gasteiger charge is 2.31. The molecule has 0 saturated carbocycles. The van der Waals surface area contributed by atoms with E-state index in [9.17, 15) is 0 Å². The zero-order valence-corrected chi connectivity index (χ0v) is 8.84. The molecule has 0 aromatic heterocycles. The van der Waals surface area contributed by atoms with Crippen LogP contribution < -0.4 is 0 Å². The van der Waals surface area contributed by atoms with Gasteiger partial charge in [-0.05, 0) is 12.1 Å². The van der Waals surface area contributed by atoms with Crippen molar-refractivity contribution in [2.75, 3.05) is 0 Å². The smallest absolute Gasteiger partial charge is 0.205 e. The van der Waals surface area contributed by atoms with Crippen LogP contribution in [0.25, 0.3) is 0 Å². The predicted octanol–water partition coefficient (Wildman–Crippen LogP) is 4.20. The molecule has 78 valence electrons. The third-order valence-corrected chi connectivity index (χ3v) is 2.51. The molecule has 0 atom stereocenters. The van der Waals surface area contributed by atoms with E-state index in [-0.39, 0.29) is 10.6 Å². The largest absolute Gasteiger partial charge is 0.323 e. The SMILES string of the molecule is N=NC(N=N)(N=N)c1ccc(Cl)c(Cl)c1. The Morgan fingerprint density at radius 2 is 1.47 bits per heavy atom. The van der Waals surface area contributed by atoms with Gasteiger partial charge in [0.15, 0.2) is 0 Å². The Bertz CT molecular complexity index is 396. The number of rotatable bonds is 4. The summed E-state index contributed by atoms with van der Waals surface area (Å²) in [5.74, 6) is -1.87. The third-order valence-electron chi connectivity index (χ3n) is 1.77. The Kier molecular flexibility index (Phi) is 3.43. The van der Waals surface area contributed by atoms with Gasteiger partial charge in [0.1, 0.15) is 0 Å². The molecular weight excluding hydrogens is 239 g/mol. The zero-order chi connectivity index (χ0) is 11.5. The lowest BCUT2D eigenvalue weighted by Gasteiger charge is -2.15.